The minimum absolute atomic E-state index is 0.345. The first-order chi connectivity index (χ1) is 5.79. The van der Waals surface area contributed by atoms with Crippen LogP contribution in [-0.4, -0.2) is 20.2 Å². The van der Waals surface area contributed by atoms with Crippen LogP contribution in [0.4, 0.5) is 0 Å². The molecule has 0 radical (unpaired) electrons. The third-order valence-corrected chi connectivity index (χ3v) is 6.88. The number of rotatable bonds is 5. The Hall–Kier alpha value is 0.394. The van der Waals surface area contributed by atoms with Crippen molar-refractivity contribution in [3.63, 3.8) is 0 Å². The molecule has 0 aliphatic rings. The first kappa shape index (κ1) is 13.4. The van der Waals surface area contributed by atoms with Crippen molar-refractivity contribution in [3.8, 4) is 0 Å². The fraction of sp³-hybridized carbons (Fsp3) is 1.00. The van der Waals surface area contributed by atoms with Crippen LogP contribution in [0.2, 0.25) is 5.04 Å². The van der Waals surface area contributed by atoms with E-state index in [0.717, 1.165) is 16.4 Å². The van der Waals surface area contributed by atoms with Gasteiger partial charge in [0.2, 0.25) is 0 Å². The van der Waals surface area contributed by atoms with Crippen molar-refractivity contribution < 1.29 is 4.12 Å². The Morgan fingerprint density at radius 2 is 1.77 bits per heavy atom. The molecule has 0 saturated heterocycles. The predicted molar refractivity (Wildman–Crippen MR) is 66.8 cm³/mol. The molecular weight excluding hydrogens is 192 g/mol. The molecule has 0 aromatic carbocycles. The van der Waals surface area contributed by atoms with Crippen molar-refractivity contribution in [2.75, 3.05) is 0 Å². The Bertz CT molecular complexity index is 155. The zero-order valence-corrected chi connectivity index (χ0v) is 13.8. The van der Waals surface area contributed by atoms with E-state index in [1.165, 1.54) is 6.42 Å². The van der Waals surface area contributed by atoms with Crippen LogP contribution in [0, 0.1) is 11.3 Å². The molecule has 0 saturated carbocycles. The molecule has 0 aromatic heterocycles. The maximum atomic E-state index is 5.57. The van der Waals surface area contributed by atoms with Gasteiger partial charge in [0, 0.05) is 0 Å². The minimum Gasteiger partial charge on any atom is -0.468 e. The van der Waals surface area contributed by atoms with Crippen molar-refractivity contribution >= 4 is 20.2 Å². The second kappa shape index (κ2) is 4.76. The lowest BCUT2D eigenvalue weighted by Gasteiger charge is -2.45. The topological polar surface area (TPSA) is 9.23 Å². The van der Waals surface area contributed by atoms with E-state index < -0.39 is 0 Å². The highest BCUT2D eigenvalue weighted by Crippen LogP contribution is 2.50. The summed E-state index contributed by atoms with van der Waals surface area (Å²) in [6.07, 6.45) is 1.27. The summed E-state index contributed by atoms with van der Waals surface area (Å²) in [4.78, 5) is 0. The van der Waals surface area contributed by atoms with Crippen LogP contribution in [0.5, 0.6) is 0 Å². The fourth-order valence-corrected chi connectivity index (χ4v) is 5.33. The van der Waals surface area contributed by atoms with E-state index in [2.05, 4.69) is 41.5 Å². The van der Waals surface area contributed by atoms with Gasteiger partial charge in [-0.15, -0.1) is 0 Å². The molecule has 13 heavy (non-hydrogen) atoms. The minimum atomic E-state index is -0.345. The van der Waals surface area contributed by atoms with E-state index in [1.807, 2.05) is 0 Å². The van der Waals surface area contributed by atoms with E-state index in [0.29, 0.717) is 10.5 Å². The van der Waals surface area contributed by atoms with Crippen LogP contribution in [0.3, 0.4) is 0 Å². The Balaban J connectivity index is 4.58. The standard InChI is InChI=1S/C10H26OSi2/c1-7-8(2)9(3,4)10(5,6)13-11-12/h8H,7,13H2,1-6,12H3. The van der Waals surface area contributed by atoms with Gasteiger partial charge in [0.25, 0.3) is 0 Å². The maximum Gasteiger partial charge on any atom is 0.151 e. The number of hydrogen-bond donors (Lipinski definition) is 0. The molecule has 0 fully saturated rings. The van der Waals surface area contributed by atoms with Gasteiger partial charge in [-0.05, 0) is 16.4 Å². The van der Waals surface area contributed by atoms with Crippen LogP contribution in [-0.2, 0) is 4.12 Å². The van der Waals surface area contributed by atoms with E-state index in [9.17, 15) is 0 Å². The summed E-state index contributed by atoms with van der Waals surface area (Å²) in [5.74, 6) is 0.784. The second-order valence-electron chi connectivity index (χ2n) is 5.35. The van der Waals surface area contributed by atoms with Gasteiger partial charge >= 0.3 is 0 Å². The molecule has 80 valence electrons. The Labute approximate surface area is 89.1 Å². The van der Waals surface area contributed by atoms with Gasteiger partial charge in [0.15, 0.2) is 9.76 Å². The molecule has 1 nitrogen and oxygen atoms in total. The van der Waals surface area contributed by atoms with Crippen molar-refractivity contribution in [1.82, 2.24) is 0 Å². The van der Waals surface area contributed by atoms with Gasteiger partial charge in [-0.25, -0.2) is 0 Å². The third-order valence-electron chi connectivity index (χ3n) is 4.09. The van der Waals surface area contributed by atoms with Gasteiger partial charge in [-0.3, -0.25) is 0 Å². The smallest absolute Gasteiger partial charge is 0.151 e. The van der Waals surface area contributed by atoms with Gasteiger partial charge in [-0.2, -0.15) is 0 Å². The monoisotopic (exact) mass is 218 g/mol. The lowest BCUT2D eigenvalue weighted by Crippen LogP contribution is -2.37. The lowest BCUT2D eigenvalue weighted by molar-refractivity contribution is 0.152. The maximum absolute atomic E-state index is 5.57. The molecule has 0 aliphatic carbocycles. The van der Waals surface area contributed by atoms with Crippen molar-refractivity contribution in [2.45, 2.75) is 53.0 Å². The SMILES string of the molecule is CCC(C)C(C)(C)C(C)(C)[SiH2]O[SiH3]. The summed E-state index contributed by atoms with van der Waals surface area (Å²) in [6, 6.07) is 0. The molecule has 0 bridgehead atoms. The highest BCUT2D eigenvalue weighted by molar-refractivity contribution is 6.38. The summed E-state index contributed by atoms with van der Waals surface area (Å²) >= 11 is 0. The molecule has 3 heteroatoms. The third kappa shape index (κ3) is 2.93. The Morgan fingerprint density at radius 1 is 1.31 bits per heavy atom. The number of hydrogen-bond acceptors (Lipinski definition) is 1. The summed E-state index contributed by atoms with van der Waals surface area (Å²) in [7, 11) is 0.568. The average Bonchev–Trinajstić information content (AvgIpc) is 2.02. The summed E-state index contributed by atoms with van der Waals surface area (Å²) < 4.78 is 5.57. The molecule has 0 N–H and O–H groups in total. The molecular formula is C10H26OSi2. The van der Waals surface area contributed by atoms with Crippen molar-refractivity contribution in [1.29, 1.82) is 0 Å². The predicted octanol–water partition coefficient (Wildman–Crippen LogP) is 1.64. The largest absolute Gasteiger partial charge is 0.468 e. The van der Waals surface area contributed by atoms with Crippen LogP contribution in [0.15, 0.2) is 0 Å². The van der Waals surface area contributed by atoms with E-state index in [4.69, 9.17) is 4.12 Å². The average molecular weight is 218 g/mol. The van der Waals surface area contributed by atoms with Gasteiger partial charge < -0.3 is 4.12 Å². The molecule has 0 aromatic rings. The zero-order valence-electron chi connectivity index (χ0n) is 10.4. The molecule has 0 spiro atoms. The summed E-state index contributed by atoms with van der Waals surface area (Å²) in [5, 5.41) is 0.421. The van der Waals surface area contributed by atoms with Gasteiger partial charge in [-0.1, -0.05) is 48.0 Å². The van der Waals surface area contributed by atoms with Crippen LogP contribution in [0.25, 0.3) is 0 Å². The molecule has 1 unspecified atom stereocenters. The van der Waals surface area contributed by atoms with Crippen LogP contribution < -0.4 is 0 Å². The molecule has 1 atom stereocenters. The molecule has 0 amide bonds. The van der Waals surface area contributed by atoms with E-state index in [1.54, 1.807) is 0 Å². The first-order valence-corrected chi connectivity index (χ1v) is 7.38. The molecule has 0 rings (SSSR count). The Morgan fingerprint density at radius 3 is 2.08 bits per heavy atom. The van der Waals surface area contributed by atoms with Crippen molar-refractivity contribution in [2.24, 2.45) is 11.3 Å². The summed E-state index contributed by atoms with van der Waals surface area (Å²) in [5.41, 5.74) is 0.415. The highest BCUT2D eigenvalue weighted by Gasteiger charge is 2.40. The van der Waals surface area contributed by atoms with Crippen LogP contribution in [0.1, 0.15) is 48.0 Å². The normalized spacial score (nSPS) is 17.1. The van der Waals surface area contributed by atoms with Crippen molar-refractivity contribution in [3.05, 3.63) is 0 Å². The second-order valence-corrected chi connectivity index (χ2v) is 9.71. The van der Waals surface area contributed by atoms with Crippen LogP contribution >= 0.6 is 0 Å². The fourth-order valence-electron chi connectivity index (χ4n) is 1.72. The molecule has 0 heterocycles. The summed E-state index contributed by atoms with van der Waals surface area (Å²) in [6.45, 7) is 14.2. The van der Waals surface area contributed by atoms with E-state index >= 15 is 0 Å². The first-order valence-electron chi connectivity index (χ1n) is 5.28. The van der Waals surface area contributed by atoms with E-state index in [-0.39, 0.29) is 9.76 Å². The molecule has 0 aliphatic heterocycles. The highest BCUT2D eigenvalue weighted by atomic mass is 28.3. The Kier molecular flexibility index (Phi) is 4.90. The van der Waals surface area contributed by atoms with Gasteiger partial charge in [0.1, 0.15) is 10.5 Å². The zero-order chi connectivity index (χ0) is 10.7. The lowest BCUT2D eigenvalue weighted by atomic mass is 9.70. The quantitative estimate of drug-likeness (QED) is 0.638. The van der Waals surface area contributed by atoms with Gasteiger partial charge in [0.05, 0.1) is 0 Å².